The SMILES string of the molecule is CCOc1cccc(C2C(=C(O)c3ccc4c(c3)OCCO4)C(=O)C(=O)N2CCN(CC)CC)c1. The molecular weight excluding hydrogens is 448 g/mol. The highest BCUT2D eigenvalue weighted by Gasteiger charge is 2.46. The van der Waals surface area contributed by atoms with E-state index in [2.05, 4.69) is 18.7 Å². The van der Waals surface area contributed by atoms with Crippen LogP contribution in [-0.4, -0.2) is 72.6 Å². The number of nitrogens with zero attached hydrogens (tertiary/aromatic N) is 2. The number of fused-ring (bicyclic) bond motifs is 1. The minimum atomic E-state index is -0.737. The van der Waals surface area contributed by atoms with Crippen LogP contribution in [0, 0.1) is 0 Å². The molecule has 2 aromatic rings. The van der Waals surface area contributed by atoms with E-state index < -0.39 is 17.7 Å². The Balaban J connectivity index is 1.79. The topological polar surface area (TPSA) is 88.5 Å². The maximum atomic E-state index is 13.3. The fourth-order valence-corrected chi connectivity index (χ4v) is 4.53. The number of amides is 1. The van der Waals surface area contributed by atoms with Crippen LogP contribution in [0.1, 0.15) is 37.9 Å². The molecule has 1 unspecified atom stereocenters. The normalized spacial score (nSPS) is 18.9. The number of aliphatic hydroxyl groups is 1. The van der Waals surface area contributed by atoms with Crippen molar-refractivity contribution < 1.29 is 28.9 Å². The number of ether oxygens (including phenoxy) is 3. The Bertz CT molecular complexity index is 1120. The van der Waals surface area contributed by atoms with Crippen molar-refractivity contribution in [3.8, 4) is 17.2 Å². The van der Waals surface area contributed by atoms with Crippen molar-refractivity contribution in [3.63, 3.8) is 0 Å². The monoisotopic (exact) mass is 480 g/mol. The zero-order chi connectivity index (χ0) is 24.9. The summed E-state index contributed by atoms with van der Waals surface area (Å²) in [5.74, 6) is 0.141. The summed E-state index contributed by atoms with van der Waals surface area (Å²) < 4.78 is 16.9. The number of benzene rings is 2. The fourth-order valence-electron chi connectivity index (χ4n) is 4.53. The molecule has 1 fully saturated rings. The molecule has 2 aromatic carbocycles. The van der Waals surface area contributed by atoms with Crippen molar-refractivity contribution in [2.45, 2.75) is 26.8 Å². The predicted octanol–water partition coefficient (Wildman–Crippen LogP) is 3.62. The molecule has 0 radical (unpaired) electrons. The van der Waals surface area contributed by atoms with E-state index in [0.717, 1.165) is 13.1 Å². The number of aliphatic hydroxyl groups excluding tert-OH is 1. The lowest BCUT2D eigenvalue weighted by atomic mass is 9.95. The van der Waals surface area contributed by atoms with Crippen LogP contribution in [0.3, 0.4) is 0 Å². The maximum absolute atomic E-state index is 13.3. The van der Waals surface area contributed by atoms with Gasteiger partial charge in [-0.3, -0.25) is 9.59 Å². The minimum Gasteiger partial charge on any atom is -0.507 e. The number of likely N-dealkylation sites (tertiary alicyclic amines) is 1. The van der Waals surface area contributed by atoms with Crippen molar-refractivity contribution in [1.82, 2.24) is 9.80 Å². The lowest BCUT2D eigenvalue weighted by Gasteiger charge is -2.28. The molecule has 1 amide bonds. The zero-order valence-corrected chi connectivity index (χ0v) is 20.5. The van der Waals surface area contributed by atoms with E-state index in [9.17, 15) is 14.7 Å². The number of likely N-dealkylation sites (N-methyl/N-ethyl adjacent to an activating group) is 1. The summed E-state index contributed by atoms with van der Waals surface area (Å²) in [6.07, 6.45) is 0. The molecule has 1 atom stereocenters. The van der Waals surface area contributed by atoms with Gasteiger partial charge in [-0.15, -0.1) is 0 Å². The van der Waals surface area contributed by atoms with Crippen LogP contribution in [0.4, 0.5) is 0 Å². The molecule has 4 rings (SSSR count). The smallest absolute Gasteiger partial charge is 0.295 e. The highest BCUT2D eigenvalue weighted by atomic mass is 16.6. The van der Waals surface area contributed by atoms with Crippen molar-refractivity contribution in [1.29, 1.82) is 0 Å². The molecule has 2 aliphatic heterocycles. The second-order valence-electron chi connectivity index (χ2n) is 8.38. The molecule has 186 valence electrons. The third kappa shape index (κ3) is 4.98. The zero-order valence-electron chi connectivity index (χ0n) is 20.5. The number of carbonyl (C=O) groups is 2. The highest BCUT2D eigenvalue weighted by Crippen LogP contribution is 2.41. The molecule has 1 saturated heterocycles. The van der Waals surface area contributed by atoms with E-state index in [1.165, 1.54) is 0 Å². The van der Waals surface area contributed by atoms with E-state index >= 15 is 0 Å². The Morgan fingerprint density at radius 1 is 1.06 bits per heavy atom. The van der Waals surface area contributed by atoms with Crippen molar-refractivity contribution in [3.05, 3.63) is 59.2 Å². The third-order valence-electron chi connectivity index (χ3n) is 6.39. The quantitative estimate of drug-likeness (QED) is 0.333. The first kappa shape index (κ1) is 24.6. The number of carbonyl (C=O) groups excluding carboxylic acids is 2. The number of ketones is 1. The van der Waals surface area contributed by atoms with Crippen LogP contribution in [0.25, 0.3) is 5.76 Å². The largest absolute Gasteiger partial charge is 0.507 e. The number of hydrogen-bond donors (Lipinski definition) is 1. The standard InChI is InChI=1S/C27H32N2O6/c1-4-28(5-2)12-13-29-24(18-8-7-9-20(16-18)33-6-3)23(26(31)27(29)32)25(30)19-10-11-21-22(17-19)35-15-14-34-21/h7-11,16-17,24,30H,4-6,12-15H2,1-3H3. The summed E-state index contributed by atoms with van der Waals surface area (Å²) in [6, 6.07) is 11.6. The van der Waals surface area contributed by atoms with Gasteiger partial charge < -0.3 is 29.1 Å². The molecular formula is C27H32N2O6. The van der Waals surface area contributed by atoms with Gasteiger partial charge in [0, 0.05) is 18.7 Å². The number of hydrogen-bond acceptors (Lipinski definition) is 7. The third-order valence-corrected chi connectivity index (χ3v) is 6.39. The van der Waals surface area contributed by atoms with E-state index in [-0.39, 0.29) is 11.3 Å². The van der Waals surface area contributed by atoms with Gasteiger partial charge in [0.2, 0.25) is 0 Å². The van der Waals surface area contributed by atoms with E-state index in [0.29, 0.717) is 61.3 Å². The lowest BCUT2D eigenvalue weighted by molar-refractivity contribution is -0.140. The molecule has 0 aromatic heterocycles. The van der Waals surface area contributed by atoms with Gasteiger partial charge in [-0.25, -0.2) is 0 Å². The Morgan fingerprint density at radius 2 is 1.80 bits per heavy atom. The summed E-state index contributed by atoms with van der Waals surface area (Å²) >= 11 is 0. The number of Topliss-reactive ketones (excluding diaryl/α,β-unsaturated/α-hetero) is 1. The molecule has 0 spiro atoms. The van der Waals surface area contributed by atoms with Crippen LogP contribution < -0.4 is 14.2 Å². The fraction of sp³-hybridized carbons (Fsp3) is 0.407. The molecule has 8 nitrogen and oxygen atoms in total. The van der Waals surface area contributed by atoms with Crippen molar-refractivity contribution in [2.24, 2.45) is 0 Å². The van der Waals surface area contributed by atoms with Gasteiger partial charge in [-0.1, -0.05) is 26.0 Å². The molecule has 1 N–H and O–H groups in total. The van der Waals surface area contributed by atoms with Crippen LogP contribution in [0.2, 0.25) is 0 Å². The molecule has 2 heterocycles. The van der Waals surface area contributed by atoms with Gasteiger partial charge >= 0.3 is 0 Å². The average Bonchev–Trinajstić information content (AvgIpc) is 3.14. The van der Waals surface area contributed by atoms with Gasteiger partial charge in [-0.2, -0.15) is 0 Å². The second kappa shape index (κ2) is 10.8. The Kier molecular flexibility index (Phi) is 7.60. The summed E-state index contributed by atoms with van der Waals surface area (Å²) in [5.41, 5.74) is 1.15. The first-order valence-electron chi connectivity index (χ1n) is 12.1. The second-order valence-corrected chi connectivity index (χ2v) is 8.38. The summed E-state index contributed by atoms with van der Waals surface area (Å²) in [5, 5.41) is 11.3. The van der Waals surface area contributed by atoms with Crippen molar-refractivity contribution in [2.75, 3.05) is 46.0 Å². The predicted molar refractivity (Wildman–Crippen MR) is 132 cm³/mol. The lowest BCUT2D eigenvalue weighted by Crippen LogP contribution is -2.38. The van der Waals surface area contributed by atoms with Gasteiger partial charge in [0.05, 0.1) is 18.2 Å². The Labute approximate surface area is 205 Å². The maximum Gasteiger partial charge on any atom is 0.295 e. The molecule has 8 heteroatoms. The van der Waals surface area contributed by atoms with Crippen molar-refractivity contribution >= 4 is 17.4 Å². The molecule has 2 aliphatic rings. The van der Waals surface area contributed by atoms with Crippen LogP contribution >= 0.6 is 0 Å². The van der Waals surface area contributed by atoms with Gasteiger partial charge in [0.25, 0.3) is 11.7 Å². The van der Waals surface area contributed by atoms with Gasteiger partial charge in [0.15, 0.2) is 11.5 Å². The van der Waals surface area contributed by atoms with Crippen LogP contribution in [-0.2, 0) is 9.59 Å². The first-order chi connectivity index (χ1) is 17.0. The van der Waals surface area contributed by atoms with Crippen LogP contribution in [0.5, 0.6) is 17.2 Å². The summed E-state index contributed by atoms with van der Waals surface area (Å²) in [6.45, 7) is 9.99. The van der Waals surface area contributed by atoms with Gasteiger partial charge in [0.1, 0.15) is 24.7 Å². The highest BCUT2D eigenvalue weighted by molar-refractivity contribution is 6.46. The van der Waals surface area contributed by atoms with Crippen LogP contribution in [0.15, 0.2) is 48.0 Å². The molecule has 0 bridgehead atoms. The van der Waals surface area contributed by atoms with E-state index in [1.54, 1.807) is 23.1 Å². The Hall–Kier alpha value is -3.52. The van der Waals surface area contributed by atoms with E-state index in [4.69, 9.17) is 14.2 Å². The number of rotatable bonds is 9. The Morgan fingerprint density at radius 3 is 2.51 bits per heavy atom. The molecule has 0 saturated carbocycles. The first-order valence-corrected chi connectivity index (χ1v) is 12.1. The minimum absolute atomic E-state index is 0.0554. The average molecular weight is 481 g/mol. The summed E-state index contributed by atoms with van der Waals surface area (Å²) in [4.78, 5) is 30.2. The molecule has 0 aliphatic carbocycles. The molecule has 35 heavy (non-hydrogen) atoms. The summed E-state index contributed by atoms with van der Waals surface area (Å²) in [7, 11) is 0. The van der Waals surface area contributed by atoms with Gasteiger partial charge in [-0.05, 0) is 55.9 Å². The van der Waals surface area contributed by atoms with E-state index in [1.807, 2.05) is 31.2 Å².